The molecule has 1 aliphatic rings. The Kier molecular flexibility index (Phi) is 13.1. The lowest BCUT2D eigenvalue weighted by Gasteiger charge is -2.25. The molecule has 1 saturated carbocycles. The first-order valence-electron chi connectivity index (χ1n) is 13.0. The average molecular weight is 415 g/mol. The van der Waals surface area contributed by atoms with Crippen molar-refractivity contribution in [3.63, 3.8) is 0 Å². The third-order valence-electron chi connectivity index (χ3n) is 6.91. The molecule has 30 heavy (non-hydrogen) atoms. The van der Waals surface area contributed by atoms with Crippen LogP contribution >= 0.6 is 0 Å². The number of carbonyl (C=O) groups excluding carboxylic acids is 1. The van der Waals surface area contributed by atoms with E-state index in [1.807, 2.05) is 12.1 Å². The van der Waals surface area contributed by atoms with Crippen molar-refractivity contribution < 1.29 is 9.90 Å². The van der Waals surface area contributed by atoms with Crippen molar-refractivity contribution in [1.82, 2.24) is 0 Å². The molecule has 0 saturated heterocycles. The van der Waals surface area contributed by atoms with E-state index in [4.69, 9.17) is 0 Å². The minimum Gasteiger partial charge on any atom is -0.393 e. The van der Waals surface area contributed by atoms with Crippen LogP contribution in [0.5, 0.6) is 0 Å². The third kappa shape index (κ3) is 10.2. The Hall–Kier alpha value is -1.15. The predicted molar refractivity (Wildman–Crippen MR) is 128 cm³/mol. The number of hydrogen-bond acceptors (Lipinski definition) is 2. The van der Waals surface area contributed by atoms with Crippen LogP contribution in [-0.4, -0.2) is 17.0 Å². The molecule has 0 heterocycles. The highest BCUT2D eigenvalue weighted by atomic mass is 16.3. The number of aliphatic hydroxyl groups is 1. The van der Waals surface area contributed by atoms with E-state index in [0.29, 0.717) is 18.1 Å². The predicted octanol–water partition coefficient (Wildman–Crippen LogP) is 8.37. The molecule has 1 aromatic carbocycles. The normalized spacial score (nSPS) is 19.1. The summed E-state index contributed by atoms with van der Waals surface area (Å²) >= 11 is 0. The summed E-state index contributed by atoms with van der Waals surface area (Å²) in [5.74, 6) is 0.849. The first-order chi connectivity index (χ1) is 14.7. The summed E-state index contributed by atoms with van der Waals surface area (Å²) in [5.41, 5.74) is 2.20. The average Bonchev–Trinajstić information content (AvgIpc) is 2.77. The number of aliphatic hydroxyl groups excluding tert-OH is 1. The van der Waals surface area contributed by atoms with Gasteiger partial charge in [0, 0.05) is 12.0 Å². The van der Waals surface area contributed by atoms with Gasteiger partial charge in [-0.2, -0.15) is 0 Å². The number of unbranched alkanes of at least 4 members (excludes halogenated alkanes) is 12. The molecule has 2 heteroatoms. The molecule has 1 aliphatic carbocycles. The van der Waals surface area contributed by atoms with Crippen molar-refractivity contribution in [2.24, 2.45) is 0 Å². The van der Waals surface area contributed by atoms with Crippen LogP contribution in [-0.2, 0) is 0 Å². The lowest BCUT2D eigenvalue weighted by molar-refractivity contribution is 0.0979. The van der Waals surface area contributed by atoms with E-state index < -0.39 is 0 Å². The van der Waals surface area contributed by atoms with Crippen LogP contribution in [0.2, 0.25) is 0 Å². The van der Waals surface area contributed by atoms with Crippen LogP contribution in [0.25, 0.3) is 0 Å². The van der Waals surface area contributed by atoms with E-state index in [9.17, 15) is 9.90 Å². The number of Topliss-reactive ketones (excluding diaryl/α,β-unsaturated/α-hetero) is 1. The molecule has 0 bridgehead atoms. The van der Waals surface area contributed by atoms with Gasteiger partial charge in [0.2, 0.25) is 0 Å². The first-order valence-corrected chi connectivity index (χ1v) is 13.0. The largest absolute Gasteiger partial charge is 0.393 e. The van der Waals surface area contributed by atoms with Gasteiger partial charge in [-0.3, -0.25) is 4.79 Å². The number of carbonyl (C=O) groups is 1. The summed E-state index contributed by atoms with van der Waals surface area (Å²) in [6.45, 7) is 2.28. The monoisotopic (exact) mass is 414 g/mol. The Morgan fingerprint density at radius 3 is 1.70 bits per heavy atom. The molecule has 2 nitrogen and oxygen atoms in total. The molecule has 0 spiro atoms. The van der Waals surface area contributed by atoms with Crippen LogP contribution in [0, 0.1) is 0 Å². The van der Waals surface area contributed by atoms with Crippen molar-refractivity contribution >= 4 is 5.78 Å². The molecule has 170 valence electrons. The molecular formula is C28H46O2. The van der Waals surface area contributed by atoms with Crippen molar-refractivity contribution in [2.45, 2.75) is 135 Å². The molecule has 0 atom stereocenters. The molecule has 0 aliphatic heterocycles. The van der Waals surface area contributed by atoms with Crippen molar-refractivity contribution in [2.75, 3.05) is 0 Å². The fraction of sp³-hybridized carbons (Fsp3) is 0.750. The Morgan fingerprint density at radius 2 is 1.20 bits per heavy atom. The van der Waals surface area contributed by atoms with E-state index >= 15 is 0 Å². The van der Waals surface area contributed by atoms with Gasteiger partial charge in [0.25, 0.3) is 0 Å². The summed E-state index contributed by atoms with van der Waals surface area (Å²) in [4.78, 5) is 12.4. The smallest absolute Gasteiger partial charge is 0.162 e. The molecule has 0 aromatic heterocycles. The topological polar surface area (TPSA) is 37.3 Å². The second-order valence-corrected chi connectivity index (χ2v) is 9.54. The van der Waals surface area contributed by atoms with E-state index in [-0.39, 0.29) is 6.10 Å². The highest BCUT2D eigenvalue weighted by Crippen LogP contribution is 2.33. The second-order valence-electron chi connectivity index (χ2n) is 9.54. The van der Waals surface area contributed by atoms with Crippen LogP contribution in [0.3, 0.4) is 0 Å². The molecule has 1 fully saturated rings. The summed E-state index contributed by atoms with van der Waals surface area (Å²) in [5, 5.41) is 9.66. The summed E-state index contributed by atoms with van der Waals surface area (Å²) in [6, 6.07) is 8.31. The van der Waals surface area contributed by atoms with Gasteiger partial charge in [0.15, 0.2) is 5.78 Å². The zero-order valence-electron chi connectivity index (χ0n) is 19.5. The molecule has 0 radical (unpaired) electrons. The van der Waals surface area contributed by atoms with Gasteiger partial charge < -0.3 is 5.11 Å². The standard InChI is InChI=1S/C28H46O2/c1-2-3-4-5-6-7-8-9-10-11-12-13-14-15-28(30)26-18-16-24(17-19-26)25-20-22-27(29)23-21-25/h16-19,25,27,29H,2-15,20-23H2,1H3. The van der Waals surface area contributed by atoms with Gasteiger partial charge >= 0.3 is 0 Å². The molecule has 0 unspecified atom stereocenters. The van der Waals surface area contributed by atoms with Gasteiger partial charge in [-0.15, -0.1) is 0 Å². The maximum Gasteiger partial charge on any atom is 0.162 e. The van der Waals surface area contributed by atoms with Gasteiger partial charge in [-0.05, 0) is 43.6 Å². The second kappa shape index (κ2) is 15.6. The van der Waals surface area contributed by atoms with Crippen LogP contribution in [0.1, 0.15) is 144 Å². The van der Waals surface area contributed by atoms with Crippen LogP contribution in [0.15, 0.2) is 24.3 Å². The SMILES string of the molecule is CCCCCCCCCCCCCCCC(=O)c1ccc(C2CCC(O)CC2)cc1. The molecule has 1 N–H and O–H groups in total. The maximum absolute atomic E-state index is 12.4. The van der Waals surface area contributed by atoms with Crippen molar-refractivity contribution in [3.8, 4) is 0 Å². The third-order valence-corrected chi connectivity index (χ3v) is 6.91. The summed E-state index contributed by atoms with van der Waals surface area (Å²) in [7, 11) is 0. The quantitative estimate of drug-likeness (QED) is 0.218. The molecule has 1 aromatic rings. The maximum atomic E-state index is 12.4. The minimum atomic E-state index is -0.109. The highest BCUT2D eigenvalue weighted by Gasteiger charge is 2.20. The fourth-order valence-electron chi connectivity index (χ4n) is 4.80. The van der Waals surface area contributed by atoms with Gasteiger partial charge in [-0.1, -0.05) is 108 Å². The Balaban J connectivity index is 1.47. The van der Waals surface area contributed by atoms with E-state index in [2.05, 4.69) is 19.1 Å². The zero-order valence-corrected chi connectivity index (χ0v) is 19.5. The molecule has 2 rings (SSSR count). The number of benzene rings is 1. The van der Waals surface area contributed by atoms with E-state index in [1.54, 1.807) is 0 Å². The van der Waals surface area contributed by atoms with Gasteiger partial charge in [-0.25, -0.2) is 0 Å². The van der Waals surface area contributed by atoms with E-state index in [0.717, 1.165) is 37.7 Å². The number of hydrogen-bond donors (Lipinski definition) is 1. The van der Waals surface area contributed by atoms with E-state index in [1.165, 1.54) is 82.6 Å². The lowest BCUT2D eigenvalue weighted by atomic mass is 9.82. The van der Waals surface area contributed by atoms with Crippen LogP contribution in [0.4, 0.5) is 0 Å². The van der Waals surface area contributed by atoms with Crippen molar-refractivity contribution in [1.29, 1.82) is 0 Å². The highest BCUT2D eigenvalue weighted by molar-refractivity contribution is 5.96. The van der Waals surface area contributed by atoms with Crippen LogP contribution < -0.4 is 0 Å². The fourth-order valence-corrected chi connectivity index (χ4v) is 4.80. The molecular weight excluding hydrogens is 368 g/mol. The number of rotatable bonds is 16. The lowest BCUT2D eigenvalue weighted by Crippen LogP contribution is -2.16. The Labute approximate surface area is 185 Å². The minimum absolute atomic E-state index is 0.109. The summed E-state index contributed by atoms with van der Waals surface area (Å²) < 4.78 is 0. The first kappa shape index (κ1) is 25.1. The Morgan fingerprint density at radius 1 is 0.733 bits per heavy atom. The Bertz CT molecular complexity index is 555. The summed E-state index contributed by atoms with van der Waals surface area (Å²) in [6.07, 6.45) is 21.9. The van der Waals surface area contributed by atoms with Gasteiger partial charge in [0.05, 0.1) is 6.10 Å². The number of ketones is 1. The zero-order chi connectivity index (χ0) is 21.4. The van der Waals surface area contributed by atoms with Gasteiger partial charge in [0.1, 0.15) is 0 Å². The van der Waals surface area contributed by atoms with Crippen molar-refractivity contribution in [3.05, 3.63) is 35.4 Å². The molecule has 0 amide bonds.